The van der Waals surface area contributed by atoms with Crippen molar-refractivity contribution in [3.8, 4) is 6.07 Å². The number of rotatable bonds is 5. The quantitative estimate of drug-likeness (QED) is 0.566. The molecule has 2 heterocycles. The van der Waals surface area contributed by atoms with Crippen LogP contribution in [0.2, 0.25) is 0 Å². The van der Waals surface area contributed by atoms with E-state index in [4.69, 9.17) is 4.42 Å². The molecule has 1 aromatic heterocycles. The van der Waals surface area contributed by atoms with Crippen LogP contribution in [0.1, 0.15) is 31.1 Å². The van der Waals surface area contributed by atoms with Gasteiger partial charge in [-0.05, 0) is 52.9 Å². The van der Waals surface area contributed by atoms with Crippen molar-refractivity contribution in [2.75, 3.05) is 23.3 Å². The number of carbonyl (C=O) groups excluding carboxylic acids is 1. The van der Waals surface area contributed by atoms with Gasteiger partial charge in [0.15, 0.2) is 0 Å². The summed E-state index contributed by atoms with van der Waals surface area (Å²) in [6.45, 7) is 3.98. The second kappa shape index (κ2) is 8.24. The summed E-state index contributed by atoms with van der Waals surface area (Å²) in [6.07, 6.45) is 4.69. The highest BCUT2D eigenvalue weighted by Gasteiger charge is 2.20. The normalized spacial score (nSPS) is 14.3. The molecule has 1 aliphatic heterocycles. The molecule has 2 aromatic rings. The number of nitrogens with zero attached hydrogens (tertiary/aromatic N) is 2. The fraction of sp³-hybridized carbons (Fsp3) is 0.300. The number of furan rings is 1. The van der Waals surface area contributed by atoms with Gasteiger partial charge in [-0.1, -0.05) is 19.1 Å². The highest BCUT2D eigenvalue weighted by Crippen LogP contribution is 2.33. The summed E-state index contributed by atoms with van der Waals surface area (Å²) in [6, 6.07) is 11.3. The third-order valence-electron chi connectivity index (χ3n) is 4.35. The largest absolute Gasteiger partial charge is 0.440 e. The number of anilines is 2. The molecule has 134 valence electrons. The van der Waals surface area contributed by atoms with Crippen LogP contribution in [0.3, 0.4) is 0 Å². The lowest BCUT2D eigenvalue weighted by atomic mass is 10.1. The highest BCUT2D eigenvalue weighted by atomic mass is 79.9. The van der Waals surface area contributed by atoms with Crippen LogP contribution in [0.5, 0.6) is 0 Å². The van der Waals surface area contributed by atoms with Crippen LogP contribution in [-0.2, 0) is 11.2 Å². The molecule has 0 unspecified atom stereocenters. The van der Waals surface area contributed by atoms with Crippen molar-refractivity contribution in [1.29, 1.82) is 5.26 Å². The van der Waals surface area contributed by atoms with Crippen LogP contribution in [0, 0.1) is 11.3 Å². The first-order valence-electron chi connectivity index (χ1n) is 8.67. The van der Waals surface area contributed by atoms with Gasteiger partial charge in [0.25, 0.3) is 5.91 Å². The van der Waals surface area contributed by atoms with Crippen molar-refractivity contribution in [2.24, 2.45) is 0 Å². The molecule has 1 N–H and O–H groups in total. The van der Waals surface area contributed by atoms with E-state index < -0.39 is 5.91 Å². The molecule has 1 amide bonds. The summed E-state index contributed by atoms with van der Waals surface area (Å²) < 4.78 is 6.66. The summed E-state index contributed by atoms with van der Waals surface area (Å²) in [5.41, 5.74) is 1.85. The van der Waals surface area contributed by atoms with Gasteiger partial charge >= 0.3 is 0 Å². The summed E-state index contributed by atoms with van der Waals surface area (Å²) in [7, 11) is 0. The van der Waals surface area contributed by atoms with Gasteiger partial charge in [-0.15, -0.1) is 0 Å². The molecule has 3 rings (SSSR count). The lowest BCUT2D eigenvalue weighted by molar-refractivity contribution is -0.112. The van der Waals surface area contributed by atoms with E-state index in [1.54, 1.807) is 6.07 Å². The molecule has 0 atom stereocenters. The van der Waals surface area contributed by atoms with E-state index in [0.29, 0.717) is 11.4 Å². The number of nitriles is 1. The number of hydrogen-bond donors (Lipinski definition) is 1. The van der Waals surface area contributed by atoms with Crippen molar-refractivity contribution < 1.29 is 9.21 Å². The van der Waals surface area contributed by atoms with E-state index in [1.165, 1.54) is 11.6 Å². The zero-order valence-electron chi connectivity index (χ0n) is 14.6. The van der Waals surface area contributed by atoms with Crippen molar-refractivity contribution in [3.05, 3.63) is 51.7 Å². The Hall–Kier alpha value is -2.52. The number of amides is 1. The third-order valence-corrected chi connectivity index (χ3v) is 4.92. The van der Waals surface area contributed by atoms with Crippen LogP contribution < -0.4 is 10.2 Å². The van der Waals surface area contributed by atoms with Crippen molar-refractivity contribution in [2.45, 2.75) is 26.2 Å². The molecule has 0 radical (unpaired) electrons. The minimum absolute atomic E-state index is 0.00112. The number of benzene rings is 1. The number of nitrogens with one attached hydrogen (secondary N) is 1. The fourth-order valence-electron chi connectivity index (χ4n) is 2.90. The molecular weight excluding hydrogens is 394 g/mol. The Balaban J connectivity index is 1.75. The first-order chi connectivity index (χ1) is 12.6. The predicted molar refractivity (Wildman–Crippen MR) is 106 cm³/mol. The monoisotopic (exact) mass is 413 g/mol. The Kier molecular flexibility index (Phi) is 5.79. The molecule has 0 saturated carbocycles. The second-order valence-electron chi connectivity index (χ2n) is 6.17. The van der Waals surface area contributed by atoms with Crippen molar-refractivity contribution >= 4 is 39.5 Å². The Labute approximate surface area is 161 Å². The van der Waals surface area contributed by atoms with E-state index >= 15 is 0 Å². The summed E-state index contributed by atoms with van der Waals surface area (Å²) >= 11 is 3.50. The second-order valence-corrected chi connectivity index (χ2v) is 7.02. The SMILES string of the molecule is CCc1ccc(NC(=O)/C(C#N)=C\c2cc(Br)c(N3CCCC3)o2)cc1. The predicted octanol–water partition coefficient (Wildman–Crippen LogP) is 4.75. The molecule has 5 nitrogen and oxygen atoms in total. The Morgan fingerprint density at radius 3 is 2.65 bits per heavy atom. The molecule has 1 fully saturated rings. The van der Waals surface area contributed by atoms with E-state index in [9.17, 15) is 10.1 Å². The van der Waals surface area contributed by atoms with Gasteiger partial charge in [0.05, 0.1) is 4.47 Å². The van der Waals surface area contributed by atoms with Crippen LogP contribution >= 0.6 is 15.9 Å². The number of carbonyl (C=O) groups is 1. The fourth-order valence-corrected chi connectivity index (χ4v) is 3.45. The van der Waals surface area contributed by atoms with Crippen LogP contribution in [0.15, 0.2) is 44.8 Å². The highest BCUT2D eigenvalue weighted by molar-refractivity contribution is 9.10. The molecule has 1 aliphatic rings. The number of halogens is 1. The average Bonchev–Trinajstić information content (AvgIpc) is 3.29. The third kappa shape index (κ3) is 4.17. The van der Waals surface area contributed by atoms with Gasteiger partial charge in [0.1, 0.15) is 17.4 Å². The van der Waals surface area contributed by atoms with E-state index in [2.05, 4.69) is 33.1 Å². The van der Waals surface area contributed by atoms with Gasteiger partial charge in [-0.2, -0.15) is 5.26 Å². The first-order valence-corrected chi connectivity index (χ1v) is 9.46. The van der Waals surface area contributed by atoms with E-state index in [1.807, 2.05) is 30.3 Å². The minimum Gasteiger partial charge on any atom is -0.440 e. The Bertz CT molecular complexity index is 856. The molecule has 26 heavy (non-hydrogen) atoms. The van der Waals surface area contributed by atoms with Crippen molar-refractivity contribution in [3.63, 3.8) is 0 Å². The van der Waals surface area contributed by atoms with E-state index in [0.717, 1.165) is 42.7 Å². The number of hydrogen-bond acceptors (Lipinski definition) is 4. The maximum absolute atomic E-state index is 12.4. The zero-order valence-corrected chi connectivity index (χ0v) is 16.2. The van der Waals surface area contributed by atoms with Gasteiger partial charge < -0.3 is 14.6 Å². The van der Waals surface area contributed by atoms with Gasteiger partial charge in [0, 0.05) is 30.9 Å². The molecule has 1 aromatic carbocycles. The molecule has 1 saturated heterocycles. The topological polar surface area (TPSA) is 69.3 Å². The lowest BCUT2D eigenvalue weighted by Crippen LogP contribution is -2.17. The Morgan fingerprint density at radius 1 is 1.35 bits per heavy atom. The maximum Gasteiger partial charge on any atom is 0.266 e. The number of aryl methyl sites for hydroxylation is 1. The first kappa shape index (κ1) is 18.3. The van der Waals surface area contributed by atoms with Crippen LogP contribution in [-0.4, -0.2) is 19.0 Å². The zero-order chi connectivity index (χ0) is 18.5. The van der Waals surface area contributed by atoms with Gasteiger partial charge in [-0.25, -0.2) is 0 Å². The standard InChI is InChI=1S/C20H20BrN3O2/c1-2-14-5-7-16(8-6-14)23-19(25)15(13-22)11-17-12-18(21)20(26-17)24-9-3-4-10-24/h5-8,11-12H,2-4,9-10H2,1H3,(H,23,25)/b15-11-. The van der Waals surface area contributed by atoms with Crippen LogP contribution in [0.25, 0.3) is 6.08 Å². The van der Waals surface area contributed by atoms with E-state index in [-0.39, 0.29) is 5.57 Å². The van der Waals surface area contributed by atoms with Crippen LogP contribution in [0.4, 0.5) is 11.6 Å². The summed E-state index contributed by atoms with van der Waals surface area (Å²) in [5, 5.41) is 12.1. The molecule has 0 aliphatic carbocycles. The molecule has 0 spiro atoms. The average molecular weight is 414 g/mol. The molecular formula is C20H20BrN3O2. The molecule has 0 bridgehead atoms. The maximum atomic E-state index is 12.4. The summed E-state index contributed by atoms with van der Waals surface area (Å²) in [5.74, 6) is 0.778. The lowest BCUT2D eigenvalue weighted by Gasteiger charge is -2.13. The summed E-state index contributed by atoms with van der Waals surface area (Å²) in [4.78, 5) is 14.5. The smallest absolute Gasteiger partial charge is 0.266 e. The van der Waals surface area contributed by atoms with Gasteiger partial charge in [0.2, 0.25) is 5.88 Å². The molecule has 6 heteroatoms. The minimum atomic E-state index is -0.452. The Morgan fingerprint density at radius 2 is 2.04 bits per heavy atom. The van der Waals surface area contributed by atoms with Gasteiger partial charge in [-0.3, -0.25) is 4.79 Å². The van der Waals surface area contributed by atoms with Crippen molar-refractivity contribution in [1.82, 2.24) is 0 Å².